The zero-order chi connectivity index (χ0) is 32.0. The Bertz CT molecular complexity index is 1580. The molecule has 0 aliphatic rings. The average Bonchev–Trinajstić information content (AvgIpc) is 3.02. The highest BCUT2D eigenvalue weighted by molar-refractivity contribution is 6.26. The van der Waals surface area contributed by atoms with Crippen molar-refractivity contribution in [3.05, 3.63) is 112 Å². The molecule has 0 spiro atoms. The zero-order valence-electron chi connectivity index (χ0n) is 26.9. The fraction of sp³-hybridized carbons (Fsp3) is 0.282. The van der Waals surface area contributed by atoms with Crippen LogP contribution in [0, 0.1) is 41.5 Å². The van der Waals surface area contributed by atoms with Gasteiger partial charge in [-0.1, -0.05) is 43.0 Å². The minimum Gasteiger partial charge on any atom is -0.494 e. The number of hydrogen-bond acceptors (Lipinski definition) is 5. The minimum absolute atomic E-state index is 0.357. The summed E-state index contributed by atoms with van der Waals surface area (Å²) in [7, 11) is 1.34. The molecule has 0 aliphatic carbocycles. The van der Waals surface area contributed by atoms with Crippen molar-refractivity contribution >= 4 is 44.3 Å². The van der Waals surface area contributed by atoms with Gasteiger partial charge in [0.15, 0.2) is 0 Å². The number of unbranched alkanes of at least 4 members (excludes halogenated alkanes) is 1. The Morgan fingerprint density at radius 1 is 0.614 bits per heavy atom. The summed E-state index contributed by atoms with van der Waals surface area (Å²) in [4.78, 5) is 22.0. The van der Waals surface area contributed by atoms with Crippen LogP contribution in [-0.4, -0.2) is 32.3 Å². The van der Waals surface area contributed by atoms with Crippen molar-refractivity contribution in [2.75, 3.05) is 20.3 Å². The van der Waals surface area contributed by atoms with Crippen molar-refractivity contribution in [1.29, 1.82) is 0 Å². The van der Waals surface area contributed by atoms with Crippen molar-refractivity contribution in [2.45, 2.75) is 54.4 Å². The first kappa shape index (κ1) is 32.3. The Hall–Kier alpha value is -4.64. The molecule has 0 saturated carbocycles. The summed E-state index contributed by atoms with van der Waals surface area (Å²) >= 11 is 0. The second kappa shape index (κ2) is 14.2. The molecule has 0 heterocycles. The van der Waals surface area contributed by atoms with Gasteiger partial charge in [0.25, 0.3) is 0 Å². The van der Waals surface area contributed by atoms with E-state index in [4.69, 9.17) is 9.47 Å². The van der Waals surface area contributed by atoms with Crippen molar-refractivity contribution in [3.63, 3.8) is 0 Å². The molecule has 5 heteroatoms. The summed E-state index contributed by atoms with van der Waals surface area (Å²) in [6.45, 7) is 17.5. The lowest BCUT2D eigenvalue weighted by molar-refractivity contribution is -0.137. The number of carbonyl (C=O) groups excluding carboxylic acids is 2. The SMILES string of the molecule is C=CC(=O)OCCCCOc1ccc(C(=O)OC)cc1.Cc1cc2c3cc(C)c(C)cc3c3cc(C)c(C)cc3c2cc1C. The van der Waals surface area contributed by atoms with Gasteiger partial charge in [-0.05, 0) is 144 Å². The fourth-order valence-electron chi connectivity index (χ4n) is 5.22. The maximum absolute atomic E-state index is 11.2. The third kappa shape index (κ3) is 7.28. The Morgan fingerprint density at radius 3 is 1.32 bits per heavy atom. The van der Waals surface area contributed by atoms with E-state index in [1.807, 2.05) is 0 Å². The summed E-state index contributed by atoms with van der Waals surface area (Å²) < 4.78 is 14.9. The molecule has 0 atom stereocenters. The van der Waals surface area contributed by atoms with Crippen molar-refractivity contribution in [3.8, 4) is 5.75 Å². The van der Waals surface area contributed by atoms with Crippen LogP contribution in [0.25, 0.3) is 32.3 Å². The van der Waals surface area contributed by atoms with Gasteiger partial charge in [0.2, 0.25) is 0 Å². The molecule has 0 N–H and O–H groups in total. The highest BCUT2D eigenvalue weighted by Gasteiger charge is 2.12. The maximum Gasteiger partial charge on any atom is 0.337 e. The summed E-state index contributed by atoms with van der Waals surface area (Å²) in [5.41, 5.74) is 8.68. The number of carbonyl (C=O) groups is 2. The van der Waals surface area contributed by atoms with Crippen LogP contribution in [0.4, 0.5) is 0 Å². The number of benzene rings is 5. The van der Waals surface area contributed by atoms with Gasteiger partial charge in [-0.3, -0.25) is 0 Å². The Kier molecular flexibility index (Phi) is 10.4. The molecule has 0 bridgehead atoms. The van der Waals surface area contributed by atoms with E-state index in [1.165, 1.54) is 72.8 Å². The lowest BCUT2D eigenvalue weighted by Crippen LogP contribution is -2.05. The second-order valence-corrected chi connectivity index (χ2v) is 11.4. The molecular formula is C39H42O5. The monoisotopic (exact) mass is 590 g/mol. The number of fused-ring (bicyclic) bond motifs is 6. The van der Waals surface area contributed by atoms with Gasteiger partial charge in [0.1, 0.15) is 5.75 Å². The van der Waals surface area contributed by atoms with Gasteiger partial charge in [-0.2, -0.15) is 0 Å². The van der Waals surface area contributed by atoms with Crippen LogP contribution in [0.2, 0.25) is 0 Å². The third-order valence-electron chi connectivity index (χ3n) is 8.27. The number of methoxy groups -OCH3 is 1. The molecule has 0 aromatic heterocycles. The molecule has 228 valence electrons. The first-order valence-corrected chi connectivity index (χ1v) is 15.0. The normalized spacial score (nSPS) is 10.8. The highest BCUT2D eigenvalue weighted by atomic mass is 16.5. The predicted octanol–water partition coefficient (Wildman–Crippen LogP) is 9.36. The van der Waals surface area contributed by atoms with Crippen molar-refractivity contribution in [2.24, 2.45) is 0 Å². The van der Waals surface area contributed by atoms with E-state index in [0.29, 0.717) is 24.5 Å². The maximum atomic E-state index is 11.2. The predicted molar refractivity (Wildman–Crippen MR) is 181 cm³/mol. The molecular weight excluding hydrogens is 548 g/mol. The van der Waals surface area contributed by atoms with Crippen LogP contribution in [-0.2, 0) is 14.3 Å². The number of ether oxygens (including phenoxy) is 3. The molecule has 5 aromatic carbocycles. The van der Waals surface area contributed by atoms with Crippen molar-refractivity contribution in [1.82, 2.24) is 0 Å². The number of aryl methyl sites for hydroxylation is 6. The fourth-order valence-corrected chi connectivity index (χ4v) is 5.22. The summed E-state index contributed by atoms with van der Waals surface area (Å²) in [6.07, 6.45) is 2.63. The van der Waals surface area contributed by atoms with E-state index in [1.54, 1.807) is 24.3 Å². The topological polar surface area (TPSA) is 61.8 Å². The van der Waals surface area contributed by atoms with Crippen LogP contribution in [0.5, 0.6) is 5.75 Å². The Labute approximate surface area is 260 Å². The van der Waals surface area contributed by atoms with Crippen LogP contribution >= 0.6 is 0 Å². The standard InChI is InChI=1S/C24H24.C15H18O5/c1-13-7-19-20(8-14(13)2)22-10-16(4)18(6)12-24(22)23-11-17(5)15(3)9-21(19)23;1-3-14(16)20-11-5-4-10-19-13-8-6-12(7-9-13)15(17)18-2/h7-12H,1-6H3;3,6-9H,1,4-5,10-11H2,2H3. The average molecular weight is 591 g/mol. The molecule has 44 heavy (non-hydrogen) atoms. The number of hydrogen-bond donors (Lipinski definition) is 0. The third-order valence-corrected chi connectivity index (χ3v) is 8.27. The van der Waals surface area contributed by atoms with E-state index < -0.39 is 5.97 Å². The second-order valence-electron chi connectivity index (χ2n) is 11.4. The first-order chi connectivity index (χ1) is 21.0. The van der Waals surface area contributed by atoms with Gasteiger partial charge in [-0.15, -0.1) is 0 Å². The van der Waals surface area contributed by atoms with E-state index in [-0.39, 0.29) is 5.97 Å². The quantitative estimate of drug-likeness (QED) is 0.0780. The van der Waals surface area contributed by atoms with Gasteiger partial charge in [0.05, 0.1) is 25.9 Å². The highest BCUT2D eigenvalue weighted by Crippen LogP contribution is 2.38. The van der Waals surface area contributed by atoms with Crippen molar-refractivity contribution < 1.29 is 23.8 Å². The van der Waals surface area contributed by atoms with Crippen LogP contribution < -0.4 is 4.74 Å². The summed E-state index contributed by atoms with van der Waals surface area (Å²) in [6, 6.07) is 20.9. The van der Waals surface area contributed by atoms with Gasteiger partial charge in [-0.25, -0.2) is 9.59 Å². The molecule has 0 amide bonds. The lowest BCUT2D eigenvalue weighted by atomic mass is 9.88. The Balaban J connectivity index is 0.000000205. The lowest BCUT2D eigenvalue weighted by Gasteiger charge is -2.16. The minimum atomic E-state index is -0.413. The van der Waals surface area contributed by atoms with E-state index >= 15 is 0 Å². The van der Waals surface area contributed by atoms with Crippen LogP contribution in [0.3, 0.4) is 0 Å². The summed E-state index contributed by atoms with van der Waals surface area (Å²) in [5, 5.41) is 8.29. The van der Waals surface area contributed by atoms with Gasteiger partial charge in [0, 0.05) is 6.08 Å². The molecule has 0 saturated heterocycles. The molecule has 5 aromatic rings. The van der Waals surface area contributed by atoms with Crippen LogP contribution in [0.15, 0.2) is 73.3 Å². The van der Waals surface area contributed by atoms with E-state index in [0.717, 1.165) is 18.9 Å². The molecule has 0 radical (unpaired) electrons. The Morgan fingerprint density at radius 2 is 0.977 bits per heavy atom. The molecule has 0 aliphatic heterocycles. The van der Waals surface area contributed by atoms with E-state index in [9.17, 15) is 9.59 Å². The largest absolute Gasteiger partial charge is 0.494 e. The number of esters is 2. The summed E-state index contributed by atoms with van der Waals surface area (Å²) in [5.74, 6) is -0.106. The smallest absolute Gasteiger partial charge is 0.337 e. The zero-order valence-corrected chi connectivity index (χ0v) is 26.9. The molecule has 0 unspecified atom stereocenters. The molecule has 5 nitrogen and oxygen atoms in total. The molecule has 0 fully saturated rings. The van der Waals surface area contributed by atoms with Gasteiger partial charge < -0.3 is 14.2 Å². The van der Waals surface area contributed by atoms with Crippen LogP contribution in [0.1, 0.15) is 56.6 Å². The van der Waals surface area contributed by atoms with E-state index in [2.05, 4.69) is 89.3 Å². The molecule has 5 rings (SSSR count). The number of rotatable bonds is 8. The first-order valence-electron chi connectivity index (χ1n) is 15.0. The van der Waals surface area contributed by atoms with Gasteiger partial charge >= 0.3 is 11.9 Å².